The minimum atomic E-state index is -1.73. The van der Waals surface area contributed by atoms with Gasteiger partial charge >= 0.3 is 11.9 Å². The quantitative estimate of drug-likeness (QED) is 0.528. The van der Waals surface area contributed by atoms with E-state index in [9.17, 15) is 29.6 Å². The molecule has 2 aromatic rings. The maximum atomic E-state index is 12.8. The Balaban J connectivity index is 2.78. The zero-order valence-electron chi connectivity index (χ0n) is 14.2. The third-order valence-electron chi connectivity index (χ3n) is 4.64. The van der Waals surface area contributed by atoms with Crippen LogP contribution in [0.15, 0.2) is 23.0 Å². The van der Waals surface area contributed by atoms with Crippen LogP contribution in [-0.4, -0.2) is 31.0 Å². The second kappa shape index (κ2) is 7.24. The Hall–Kier alpha value is -2.75. The monoisotopic (exact) mass is 382 g/mol. The highest BCUT2D eigenvalue weighted by Crippen LogP contribution is 2.38. The van der Waals surface area contributed by atoms with Gasteiger partial charge in [0.05, 0.1) is 21.4 Å². The molecule has 0 amide bonds. The fraction of sp³-hybridized carbons (Fsp3) is 0.438. The van der Waals surface area contributed by atoms with Crippen molar-refractivity contribution in [1.29, 1.82) is 0 Å². The first-order valence-corrected chi connectivity index (χ1v) is 8.72. The summed E-state index contributed by atoms with van der Waals surface area (Å²) in [6, 6.07) is 3.70. The Labute approximate surface area is 151 Å². The molecular weight excluding hydrogens is 364 g/mol. The first kappa shape index (κ1) is 19.6. The Morgan fingerprint density at radius 3 is 2.46 bits per heavy atom. The molecule has 0 spiro atoms. The molecule has 2 atom stereocenters. The molecule has 0 saturated carbocycles. The maximum Gasteiger partial charge on any atom is 0.331 e. The van der Waals surface area contributed by atoms with Gasteiger partial charge in [-0.25, -0.2) is 8.75 Å². The predicted molar refractivity (Wildman–Crippen MR) is 94.7 cm³/mol. The Morgan fingerprint density at radius 2 is 2.00 bits per heavy atom. The lowest BCUT2D eigenvalue weighted by Crippen LogP contribution is -2.51. The molecule has 0 saturated heterocycles. The largest absolute Gasteiger partial charge is 0.481 e. The molecule has 9 nitrogen and oxygen atoms in total. The minimum absolute atomic E-state index is 0.00292. The molecule has 26 heavy (non-hydrogen) atoms. The van der Waals surface area contributed by atoms with E-state index in [0.717, 1.165) is 15.5 Å². The summed E-state index contributed by atoms with van der Waals surface area (Å²) in [5, 5.41) is 30.2. The van der Waals surface area contributed by atoms with Crippen LogP contribution in [0.25, 0.3) is 10.1 Å². The van der Waals surface area contributed by atoms with Gasteiger partial charge in [-0.15, -0.1) is 0 Å². The number of benzene rings is 1. The van der Waals surface area contributed by atoms with Gasteiger partial charge in [-0.05, 0) is 18.9 Å². The minimum Gasteiger partial charge on any atom is -0.481 e. The molecule has 0 bridgehead atoms. The molecule has 0 aliphatic carbocycles. The Morgan fingerprint density at radius 1 is 1.35 bits per heavy atom. The summed E-state index contributed by atoms with van der Waals surface area (Å²) in [5.74, 6) is -3.26. The molecule has 140 valence electrons. The second-order valence-corrected chi connectivity index (χ2v) is 6.90. The molecule has 2 rings (SSSR count). The van der Waals surface area contributed by atoms with Crippen LogP contribution in [0, 0.1) is 16.0 Å². The molecule has 2 unspecified atom stereocenters. The number of hydrogen-bond donors (Lipinski definition) is 2. The first-order valence-electron chi connectivity index (χ1n) is 7.95. The maximum absolute atomic E-state index is 12.8. The molecule has 2 N–H and O–H groups in total. The van der Waals surface area contributed by atoms with Crippen molar-refractivity contribution in [3.05, 3.63) is 38.7 Å². The van der Waals surface area contributed by atoms with Crippen molar-refractivity contribution in [3.63, 3.8) is 0 Å². The van der Waals surface area contributed by atoms with Crippen LogP contribution in [0.4, 0.5) is 5.69 Å². The number of carboxylic acid groups (broad SMARTS) is 2. The van der Waals surface area contributed by atoms with Crippen LogP contribution in [-0.2, 0) is 15.1 Å². The summed E-state index contributed by atoms with van der Waals surface area (Å²) >= 11 is 0.812. The van der Waals surface area contributed by atoms with Crippen LogP contribution in [0.1, 0.15) is 33.1 Å². The zero-order chi connectivity index (χ0) is 19.6. The van der Waals surface area contributed by atoms with E-state index in [4.69, 9.17) is 5.11 Å². The number of carbonyl (C=O) groups is 2. The van der Waals surface area contributed by atoms with Gasteiger partial charge in [-0.2, -0.15) is 0 Å². The van der Waals surface area contributed by atoms with Crippen molar-refractivity contribution in [2.24, 2.45) is 5.92 Å². The molecule has 0 fully saturated rings. The van der Waals surface area contributed by atoms with E-state index in [1.807, 2.05) is 0 Å². The fourth-order valence-corrected chi connectivity index (χ4v) is 4.59. The van der Waals surface area contributed by atoms with Crippen LogP contribution >= 0.6 is 11.5 Å². The van der Waals surface area contributed by atoms with Gasteiger partial charge in [-0.3, -0.25) is 19.7 Å². The number of nitro benzene ring substituents is 1. The number of rotatable bonds is 8. The number of fused-ring (bicyclic) bond motifs is 1. The van der Waals surface area contributed by atoms with E-state index >= 15 is 0 Å². The highest BCUT2D eigenvalue weighted by Gasteiger charge is 2.48. The molecular formula is C16H18N2O7S. The lowest BCUT2D eigenvalue weighted by atomic mass is 9.78. The van der Waals surface area contributed by atoms with Crippen LogP contribution in [0.5, 0.6) is 0 Å². The van der Waals surface area contributed by atoms with E-state index in [1.165, 1.54) is 18.2 Å². The lowest BCUT2D eigenvalue weighted by Gasteiger charge is -2.35. The van der Waals surface area contributed by atoms with Gasteiger partial charge in [0.1, 0.15) is 0 Å². The zero-order valence-corrected chi connectivity index (χ0v) is 15.0. The third kappa shape index (κ3) is 3.07. The van der Waals surface area contributed by atoms with Crippen LogP contribution < -0.4 is 5.56 Å². The highest BCUT2D eigenvalue weighted by molar-refractivity contribution is 7.14. The van der Waals surface area contributed by atoms with Crippen molar-refractivity contribution >= 4 is 39.2 Å². The first-order chi connectivity index (χ1) is 12.2. The van der Waals surface area contributed by atoms with Crippen LogP contribution in [0.3, 0.4) is 0 Å². The standard InChI is InChI=1S/C16H18N2O7S/c1-3-9(7-13(19)20)16(4-2,15(22)23)17-14(21)11-6-5-10(18(24)25)8-12(11)26-17/h5-6,8-9H,3-4,7H2,1-2H3,(H,19,20)(H,22,23). The summed E-state index contributed by atoms with van der Waals surface area (Å²) < 4.78 is 1.36. The normalized spacial score (nSPS) is 14.7. The van der Waals surface area contributed by atoms with E-state index in [2.05, 4.69) is 0 Å². The number of aromatic nitrogens is 1. The second-order valence-electron chi connectivity index (χ2n) is 5.91. The SMILES string of the molecule is CCC(CC(=O)O)C(CC)(C(=O)O)n1sc2cc([N+](=O)[O-])ccc2c1=O. The molecule has 1 heterocycles. The van der Waals surface area contributed by atoms with Crippen molar-refractivity contribution in [2.75, 3.05) is 0 Å². The summed E-state index contributed by atoms with van der Waals surface area (Å²) in [7, 11) is 0. The Bertz CT molecular complexity index is 932. The topological polar surface area (TPSA) is 140 Å². The highest BCUT2D eigenvalue weighted by atomic mass is 32.1. The Kier molecular flexibility index (Phi) is 5.45. The average molecular weight is 382 g/mol. The van der Waals surface area contributed by atoms with Crippen molar-refractivity contribution in [1.82, 2.24) is 3.96 Å². The number of aliphatic carboxylic acids is 2. The number of non-ortho nitro benzene ring substituents is 1. The summed E-state index contributed by atoms with van der Waals surface area (Å²) in [5.41, 5.74) is -2.53. The number of nitrogens with zero attached hydrogens (tertiary/aromatic N) is 2. The molecule has 0 radical (unpaired) electrons. The van der Waals surface area contributed by atoms with E-state index in [0.29, 0.717) is 0 Å². The third-order valence-corrected chi connectivity index (χ3v) is 5.85. The molecule has 1 aromatic carbocycles. The molecule has 10 heteroatoms. The van der Waals surface area contributed by atoms with Crippen molar-refractivity contribution in [3.8, 4) is 0 Å². The number of nitro groups is 1. The van der Waals surface area contributed by atoms with Crippen LogP contribution in [0.2, 0.25) is 0 Å². The molecule has 1 aromatic heterocycles. The predicted octanol–water partition coefficient (Wildman–Crippen LogP) is 2.66. The van der Waals surface area contributed by atoms with E-state index in [-0.39, 0.29) is 28.6 Å². The number of hydrogen-bond acceptors (Lipinski definition) is 6. The van der Waals surface area contributed by atoms with Crippen molar-refractivity contribution in [2.45, 2.75) is 38.6 Å². The fourth-order valence-electron chi connectivity index (χ4n) is 3.26. The van der Waals surface area contributed by atoms with Gasteiger partial charge in [0.2, 0.25) is 0 Å². The summed E-state index contributed by atoms with van der Waals surface area (Å²) in [6.45, 7) is 3.25. The summed E-state index contributed by atoms with van der Waals surface area (Å²) in [4.78, 5) is 46.6. The van der Waals surface area contributed by atoms with Gasteiger partial charge in [0.25, 0.3) is 11.2 Å². The molecule has 0 aliphatic rings. The van der Waals surface area contributed by atoms with Crippen molar-refractivity contribution < 1.29 is 24.7 Å². The number of carboxylic acids is 2. The molecule has 0 aliphatic heterocycles. The lowest BCUT2D eigenvalue weighted by molar-refractivity contribution is -0.384. The summed E-state index contributed by atoms with van der Waals surface area (Å²) in [6.07, 6.45) is -0.159. The van der Waals surface area contributed by atoms with E-state index in [1.54, 1.807) is 13.8 Å². The van der Waals surface area contributed by atoms with Gasteiger partial charge in [0.15, 0.2) is 5.54 Å². The average Bonchev–Trinajstić information content (AvgIpc) is 2.91. The van der Waals surface area contributed by atoms with E-state index < -0.39 is 40.3 Å². The van der Waals surface area contributed by atoms with Gasteiger partial charge < -0.3 is 10.2 Å². The van der Waals surface area contributed by atoms with Gasteiger partial charge in [-0.1, -0.05) is 25.4 Å². The smallest absolute Gasteiger partial charge is 0.331 e. The van der Waals surface area contributed by atoms with Gasteiger partial charge in [0, 0.05) is 18.1 Å².